The SMILES string of the molecule is Cc1nc(CNc2cncc(NN)n2)cs1. The standard InChI is InChI=1S/C9H12N6S/c1-6-13-7(5-16-6)2-12-8-3-11-4-9(14-8)15-10/h3-5H,2,10H2,1H3,(H2,12,14,15). The molecule has 0 aliphatic carbocycles. The Morgan fingerprint density at radius 2 is 2.12 bits per heavy atom. The average molecular weight is 236 g/mol. The van der Waals surface area contributed by atoms with Gasteiger partial charge in [0.2, 0.25) is 0 Å². The van der Waals surface area contributed by atoms with Crippen molar-refractivity contribution < 1.29 is 0 Å². The van der Waals surface area contributed by atoms with Gasteiger partial charge in [0.1, 0.15) is 5.82 Å². The van der Waals surface area contributed by atoms with Gasteiger partial charge >= 0.3 is 0 Å². The van der Waals surface area contributed by atoms with Crippen molar-refractivity contribution in [3.63, 3.8) is 0 Å². The third-order valence-electron chi connectivity index (χ3n) is 1.90. The quantitative estimate of drug-likeness (QED) is 0.545. The number of anilines is 2. The van der Waals surface area contributed by atoms with E-state index in [1.54, 1.807) is 23.7 Å². The fourth-order valence-corrected chi connectivity index (χ4v) is 1.80. The smallest absolute Gasteiger partial charge is 0.160 e. The minimum Gasteiger partial charge on any atom is -0.363 e. The normalized spacial score (nSPS) is 10.1. The fraction of sp³-hybridized carbons (Fsp3) is 0.222. The van der Waals surface area contributed by atoms with Crippen LogP contribution in [0.3, 0.4) is 0 Å². The molecule has 0 aromatic carbocycles. The molecule has 0 saturated heterocycles. The van der Waals surface area contributed by atoms with Crippen LogP contribution in [0.5, 0.6) is 0 Å². The summed E-state index contributed by atoms with van der Waals surface area (Å²) in [6.07, 6.45) is 3.19. The summed E-state index contributed by atoms with van der Waals surface area (Å²) in [5.74, 6) is 6.43. The summed E-state index contributed by atoms with van der Waals surface area (Å²) in [4.78, 5) is 12.5. The summed E-state index contributed by atoms with van der Waals surface area (Å²) in [5.41, 5.74) is 3.44. The molecule has 2 rings (SSSR count). The number of nitrogen functional groups attached to an aromatic ring is 1. The molecule has 0 spiro atoms. The molecule has 4 N–H and O–H groups in total. The van der Waals surface area contributed by atoms with Crippen LogP contribution in [0.15, 0.2) is 17.8 Å². The van der Waals surface area contributed by atoms with E-state index < -0.39 is 0 Å². The van der Waals surface area contributed by atoms with E-state index in [2.05, 4.69) is 25.7 Å². The number of hydrogen-bond donors (Lipinski definition) is 3. The van der Waals surface area contributed by atoms with E-state index in [1.807, 2.05) is 12.3 Å². The highest BCUT2D eigenvalue weighted by Gasteiger charge is 2.00. The van der Waals surface area contributed by atoms with Gasteiger partial charge < -0.3 is 10.7 Å². The minimum absolute atomic E-state index is 0.527. The summed E-state index contributed by atoms with van der Waals surface area (Å²) in [7, 11) is 0. The van der Waals surface area contributed by atoms with Crippen LogP contribution in [0, 0.1) is 6.92 Å². The van der Waals surface area contributed by atoms with Gasteiger partial charge in [-0.05, 0) is 6.92 Å². The Morgan fingerprint density at radius 1 is 1.31 bits per heavy atom. The largest absolute Gasteiger partial charge is 0.363 e. The topological polar surface area (TPSA) is 88.8 Å². The van der Waals surface area contributed by atoms with Crippen molar-refractivity contribution in [2.24, 2.45) is 5.84 Å². The molecule has 2 aromatic heterocycles. The van der Waals surface area contributed by atoms with Crippen LogP contribution in [-0.2, 0) is 6.54 Å². The monoisotopic (exact) mass is 236 g/mol. The zero-order valence-corrected chi connectivity index (χ0v) is 9.58. The molecule has 0 fully saturated rings. The van der Waals surface area contributed by atoms with E-state index in [-0.39, 0.29) is 0 Å². The van der Waals surface area contributed by atoms with Crippen LogP contribution in [-0.4, -0.2) is 15.0 Å². The Hall–Kier alpha value is -1.73. The van der Waals surface area contributed by atoms with Gasteiger partial charge in [0, 0.05) is 5.38 Å². The Morgan fingerprint density at radius 3 is 2.81 bits per heavy atom. The van der Waals surface area contributed by atoms with Crippen molar-refractivity contribution in [1.82, 2.24) is 15.0 Å². The second kappa shape index (κ2) is 4.86. The average Bonchev–Trinajstić information content (AvgIpc) is 2.73. The molecule has 0 amide bonds. The molecule has 0 radical (unpaired) electrons. The van der Waals surface area contributed by atoms with E-state index in [9.17, 15) is 0 Å². The van der Waals surface area contributed by atoms with Gasteiger partial charge in [-0.25, -0.2) is 15.8 Å². The Kier molecular flexibility index (Phi) is 3.28. The summed E-state index contributed by atoms with van der Waals surface area (Å²) < 4.78 is 0. The number of hydrazine groups is 1. The van der Waals surface area contributed by atoms with Crippen LogP contribution in [0.2, 0.25) is 0 Å². The number of rotatable bonds is 4. The zero-order valence-electron chi connectivity index (χ0n) is 8.77. The van der Waals surface area contributed by atoms with E-state index in [0.717, 1.165) is 10.7 Å². The summed E-state index contributed by atoms with van der Waals surface area (Å²) in [6, 6.07) is 0. The summed E-state index contributed by atoms with van der Waals surface area (Å²) >= 11 is 1.63. The van der Waals surface area contributed by atoms with Gasteiger partial charge in [0.05, 0.1) is 29.6 Å². The molecule has 0 atom stereocenters. The molecule has 0 unspecified atom stereocenters. The fourth-order valence-electron chi connectivity index (χ4n) is 1.19. The van der Waals surface area contributed by atoms with E-state index in [0.29, 0.717) is 18.2 Å². The number of hydrogen-bond acceptors (Lipinski definition) is 7. The molecular weight excluding hydrogens is 224 g/mol. The van der Waals surface area contributed by atoms with Gasteiger partial charge in [-0.3, -0.25) is 4.98 Å². The lowest BCUT2D eigenvalue weighted by Crippen LogP contribution is -2.10. The maximum Gasteiger partial charge on any atom is 0.160 e. The summed E-state index contributed by atoms with van der Waals surface area (Å²) in [5, 5.41) is 6.19. The predicted octanol–water partition coefficient (Wildman–Crippen LogP) is 1.14. The van der Waals surface area contributed by atoms with Gasteiger partial charge in [-0.2, -0.15) is 0 Å². The van der Waals surface area contributed by atoms with Gasteiger partial charge in [-0.1, -0.05) is 0 Å². The molecule has 6 nitrogen and oxygen atoms in total. The number of aromatic nitrogens is 3. The maximum atomic E-state index is 5.24. The number of nitrogens with two attached hydrogens (primary N) is 1. The molecule has 2 aromatic rings. The zero-order chi connectivity index (χ0) is 11.4. The predicted molar refractivity (Wildman–Crippen MR) is 64.0 cm³/mol. The van der Waals surface area contributed by atoms with E-state index >= 15 is 0 Å². The second-order valence-electron chi connectivity index (χ2n) is 3.15. The number of nitrogens with one attached hydrogen (secondary N) is 2. The lowest BCUT2D eigenvalue weighted by atomic mass is 10.5. The van der Waals surface area contributed by atoms with Crippen LogP contribution < -0.4 is 16.6 Å². The first-order valence-corrected chi connectivity index (χ1v) is 5.59. The van der Waals surface area contributed by atoms with Crippen molar-refractivity contribution in [2.75, 3.05) is 10.7 Å². The van der Waals surface area contributed by atoms with Crippen molar-refractivity contribution >= 4 is 23.0 Å². The third kappa shape index (κ3) is 2.65. The molecule has 0 bridgehead atoms. The highest BCUT2D eigenvalue weighted by Crippen LogP contribution is 2.10. The maximum absolute atomic E-state index is 5.24. The van der Waals surface area contributed by atoms with Crippen molar-refractivity contribution in [3.05, 3.63) is 28.5 Å². The van der Waals surface area contributed by atoms with E-state index in [4.69, 9.17) is 5.84 Å². The molecule has 16 heavy (non-hydrogen) atoms. The summed E-state index contributed by atoms with van der Waals surface area (Å²) in [6.45, 7) is 2.61. The number of aryl methyl sites for hydroxylation is 1. The van der Waals surface area contributed by atoms with Crippen LogP contribution in [0.1, 0.15) is 10.7 Å². The van der Waals surface area contributed by atoms with Crippen LogP contribution in [0.4, 0.5) is 11.6 Å². The highest BCUT2D eigenvalue weighted by molar-refractivity contribution is 7.09. The van der Waals surface area contributed by atoms with Crippen molar-refractivity contribution in [1.29, 1.82) is 0 Å². The lowest BCUT2D eigenvalue weighted by Gasteiger charge is -2.04. The first-order valence-electron chi connectivity index (χ1n) is 4.71. The molecule has 7 heteroatoms. The number of thiazole rings is 1. The molecule has 84 valence electrons. The van der Waals surface area contributed by atoms with Crippen LogP contribution in [0.25, 0.3) is 0 Å². The minimum atomic E-state index is 0.527. The van der Waals surface area contributed by atoms with E-state index in [1.165, 1.54) is 0 Å². The molecule has 0 aliphatic rings. The molecule has 0 saturated carbocycles. The van der Waals surface area contributed by atoms with Crippen molar-refractivity contribution in [2.45, 2.75) is 13.5 Å². The third-order valence-corrected chi connectivity index (χ3v) is 2.72. The molecule has 0 aliphatic heterocycles. The van der Waals surface area contributed by atoms with Crippen LogP contribution >= 0.6 is 11.3 Å². The Labute approximate surface area is 96.9 Å². The van der Waals surface area contributed by atoms with Crippen molar-refractivity contribution in [3.8, 4) is 0 Å². The second-order valence-corrected chi connectivity index (χ2v) is 4.21. The first-order chi connectivity index (χ1) is 7.78. The first kappa shape index (κ1) is 10.8. The lowest BCUT2D eigenvalue weighted by molar-refractivity contribution is 1.03. The Bertz CT molecular complexity index is 469. The molecule has 2 heterocycles. The van der Waals surface area contributed by atoms with Gasteiger partial charge in [-0.15, -0.1) is 11.3 Å². The van der Waals surface area contributed by atoms with Gasteiger partial charge in [0.15, 0.2) is 5.82 Å². The Balaban J connectivity index is 1.99. The number of nitrogens with zero attached hydrogens (tertiary/aromatic N) is 3. The molecular formula is C9H12N6S. The highest BCUT2D eigenvalue weighted by atomic mass is 32.1. The van der Waals surface area contributed by atoms with Gasteiger partial charge in [0.25, 0.3) is 0 Å².